The van der Waals surface area contributed by atoms with E-state index < -0.39 is 17.5 Å². The minimum atomic E-state index is -1.02. The molecule has 20 heavy (non-hydrogen) atoms. The summed E-state index contributed by atoms with van der Waals surface area (Å²) in [6.45, 7) is 0. The van der Waals surface area contributed by atoms with Gasteiger partial charge in [0.2, 0.25) is 0 Å². The highest BCUT2D eigenvalue weighted by atomic mass is 35.5. The molecule has 104 valence electrons. The van der Waals surface area contributed by atoms with E-state index in [1.165, 1.54) is 24.3 Å². The second-order valence-electron chi connectivity index (χ2n) is 4.34. The number of Topliss-reactive ketones (excluding diaryl/α,β-unsaturated/α-hetero) is 1. The van der Waals surface area contributed by atoms with E-state index in [0.717, 1.165) is 12.1 Å². The maximum atomic E-state index is 13.4. The Morgan fingerprint density at radius 3 is 2.40 bits per heavy atom. The second kappa shape index (κ2) is 6.09. The first-order valence-electron chi connectivity index (χ1n) is 5.86. The van der Waals surface area contributed by atoms with Gasteiger partial charge < -0.3 is 0 Å². The Kier molecular flexibility index (Phi) is 4.45. The fraction of sp³-hybridized carbons (Fsp3) is 0.133. The van der Waals surface area contributed by atoms with Gasteiger partial charge in [-0.15, -0.1) is 0 Å². The van der Waals surface area contributed by atoms with E-state index in [9.17, 15) is 18.0 Å². The topological polar surface area (TPSA) is 17.1 Å². The van der Waals surface area contributed by atoms with E-state index in [1.807, 2.05) is 0 Å². The Morgan fingerprint density at radius 2 is 1.70 bits per heavy atom. The average Bonchev–Trinajstić information content (AvgIpc) is 2.38. The summed E-state index contributed by atoms with van der Waals surface area (Å²) in [5.74, 6) is -2.84. The molecule has 0 N–H and O–H groups in total. The summed E-state index contributed by atoms with van der Waals surface area (Å²) in [6, 6.07) is 7.37. The third-order valence-electron chi connectivity index (χ3n) is 2.82. The summed E-state index contributed by atoms with van der Waals surface area (Å²) < 4.78 is 39.3. The van der Waals surface area contributed by atoms with Crippen molar-refractivity contribution in [1.82, 2.24) is 0 Å². The smallest absolute Gasteiger partial charge is 0.162 e. The number of rotatable bonds is 4. The summed E-state index contributed by atoms with van der Waals surface area (Å²) in [5, 5.41) is 0.137. The Morgan fingerprint density at radius 1 is 1.00 bits per heavy atom. The van der Waals surface area contributed by atoms with Crippen LogP contribution < -0.4 is 0 Å². The van der Waals surface area contributed by atoms with E-state index in [4.69, 9.17) is 11.6 Å². The van der Waals surface area contributed by atoms with Crippen molar-refractivity contribution in [3.05, 3.63) is 70.0 Å². The fourth-order valence-electron chi connectivity index (χ4n) is 1.84. The highest BCUT2D eigenvalue weighted by Crippen LogP contribution is 2.19. The van der Waals surface area contributed by atoms with Gasteiger partial charge in [-0.3, -0.25) is 4.79 Å². The number of benzene rings is 2. The van der Waals surface area contributed by atoms with Gasteiger partial charge in [-0.2, -0.15) is 0 Å². The SMILES string of the molecule is O=C(Cc1ccc(F)cc1Cl)Cc1cccc(F)c1F. The Balaban J connectivity index is 2.11. The summed E-state index contributed by atoms with van der Waals surface area (Å²) in [7, 11) is 0. The number of hydrogen-bond donors (Lipinski definition) is 0. The van der Waals surface area contributed by atoms with Gasteiger partial charge in [-0.1, -0.05) is 29.8 Å². The maximum absolute atomic E-state index is 13.4. The van der Waals surface area contributed by atoms with Gasteiger partial charge in [0.05, 0.1) is 0 Å². The van der Waals surface area contributed by atoms with Crippen LogP contribution in [0.1, 0.15) is 11.1 Å². The molecule has 0 atom stereocenters. The largest absolute Gasteiger partial charge is 0.299 e. The Labute approximate surface area is 119 Å². The van der Waals surface area contributed by atoms with Crippen LogP contribution in [0.25, 0.3) is 0 Å². The molecule has 0 saturated heterocycles. The van der Waals surface area contributed by atoms with Crippen LogP contribution in [0, 0.1) is 17.5 Å². The molecule has 1 nitrogen and oxygen atoms in total. The molecule has 0 spiro atoms. The molecule has 5 heteroatoms. The monoisotopic (exact) mass is 298 g/mol. The van der Waals surface area contributed by atoms with E-state index in [0.29, 0.717) is 5.56 Å². The third-order valence-corrected chi connectivity index (χ3v) is 3.17. The molecule has 2 rings (SSSR count). The van der Waals surface area contributed by atoms with Crippen LogP contribution in [0.3, 0.4) is 0 Å². The van der Waals surface area contributed by atoms with Crippen molar-refractivity contribution >= 4 is 17.4 Å². The minimum absolute atomic E-state index is 0.00626. The van der Waals surface area contributed by atoms with Crippen LogP contribution in [0.15, 0.2) is 36.4 Å². The molecule has 2 aromatic rings. The molecular formula is C15H10ClF3O. The van der Waals surface area contributed by atoms with Gasteiger partial charge in [-0.25, -0.2) is 13.2 Å². The molecule has 0 saturated carbocycles. The molecule has 0 amide bonds. The summed E-state index contributed by atoms with van der Waals surface area (Å²) >= 11 is 5.81. The van der Waals surface area contributed by atoms with Crippen molar-refractivity contribution in [1.29, 1.82) is 0 Å². The third kappa shape index (κ3) is 3.39. The minimum Gasteiger partial charge on any atom is -0.299 e. The van der Waals surface area contributed by atoms with Crippen molar-refractivity contribution in [2.75, 3.05) is 0 Å². The molecule has 0 aliphatic carbocycles. The first-order chi connectivity index (χ1) is 9.47. The van der Waals surface area contributed by atoms with Crippen LogP contribution in [0.4, 0.5) is 13.2 Å². The van der Waals surface area contributed by atoms with Gasteiger partial charge in [0.15, 0.2) is 11.6 Å². The molecule has 0 heterocycles. The van der Waals surface area contributed by atoms with Crippen molar-refractivity contribution < 1.29 is 18.0 Å². The van der Waals surface area contributed by atoms with Gasteiger partial charge in [0, 0.05) is 17.9 Å². The van der Waals surface area contributed by atoms with Gasteiger partial charge >= 0.3 is 0 Å². The molecule has 0 aliphatic rings. The molecule has 0 radical (unpaired) electrons. The zero-order valence-electron chi connectivity index (χ0n) is 10.3. The molecule has 0 bridgehead atoms. The van der Waals surface area contributed by atoms with Gasteiger partial charge in [0.1, 0.15) is 11.6 Å². The second-order valence-corrected chi connectivity index (χ2v) is 4.75. The van der Waals surface area contributed by atoms with Crippen LogP contribution in [-0.4, -0.2) is 5.78 Å². The van der Waals surface area contributed by atoms with E-state index in [1.54, 1.807) is 0 Å². The Hall–Kier alpha value is -1.81. The summed E-state index contributed by atoms with van der Waals surface area (Å²) in [4.78, 5) is 11.8. The number of ketones is 1. The predicted molar refractivity (Wildman–Crippen MR) is 70.2 cm³/mol. The quantitative estimate of drug-likeness (QED) is 0.830. The van der Waals surface area contributed by atoms with Crippen molar-refractivity contribution in [2.45, 2.75) is 12.8 Å². The summed E-state index contributed by atoms with van der Waals surface area (Å²) in [6.07, 6.45) is -0.299. The standard InChI is InChI=1S/C15H10ClF3O/c16-13-8-11(17)5-4-9(13)6-12(20)7-10-2-1-3-14(18)15(10)19/h1-5,8H,6-7H2. The maximum Gasteiger partial charge on any atom is 0.162 e. The fourth-order valence-corrected chi connectivity index (χ4v) is 2.07. The number of carbonyl (C=O) groups excluding carboxylic acids is 1. The zero-order valence-corrected chi connectivity index (χ0v) is 11.1. The Bertz CT molecular complexity index is 656. The molecular weight excluding hydrogens is 289 g/mol. The first-order valence-corrected chi connectivity index (χ1v) is 6.23. The number of hydrogen-bond acceptors (Lipinski definition) is 1. The van der Waals surface area contributed by atoms with Crippen LogP contribution in [0.2, 0.25) is 5.02 Å². The summed E-state index contributed by atoms with van der Waals surface area (Å²) in [5.41, 5.74) is 0.447. The highest BCUT2D eigenvalue weighted by molar-refractivity contribution is 6.31. The highest BCUT2D eigenvalue weighted by Gasteiger charge is 2.13. The lowest BCUT2D eigenvalue weighted by Gasteiger charge is -2.05. The van der Waals surface area contributed by atoms with Crippen molar-refractivity contribution in [3.63, 3.8) is 0 Å². The lowest BCUT2D eigenvalue weighted by atomic mass is 10.0. The van der Waals surface area contributed by atoms with Crippen molar-refractivity contribution in [2.24, 2.45) is 0 Å². The van der Waals surface area contributed by atoms with Gasteiger partial charge in [0.25, 0.3) is 0 Å². The zero-order chi connectivity index (χ0) is 14.7. The molecule has 0 unspecified atom stereocenters. The molecule has 0 aromatic heterocycles. The van der Waals surface area contributed by atoms with Gasteiger partial charge in [-0.05, 0) is 29.3 Å². The number of halogens is 4. The van der Waals surface area contributed by atoms with Crippen LogP contribution in [0.5, 0.6) is 0 Å². The lowest BCUT2D eigenvalue weighted by molar-refractivity contribution is -0.117. The molecule has 0 aliphatic heterocycles. The molecule has 2 aromatic carbocycles. The number of carbonyl (C=O) groups is 1. The normalized spacial score (nSPS) is 10.6. The van der Waals surface area contributed by atoms with Crippen molar-refractivity contribution in [3.8, 4) is 0 Å². The lowest BCUT2D eigenvalue weighted by Crippen LogP contribution is -2.09. The van der Waals surface area contributed by atoms with Crippen LogP contribution in [-0.2, 0) is 17.6 Å². The molecule has 0 fully saturated rings. The van der Waals surface area contributed by atoms with E-state index in [-0.39, 0.29) is 29.2 Å². The average molecular weight is 299 g/mol. The van der Waals surface area contributed by atoms with E-state index >= 15 is 0 Å². The van der Waals surface area contributed by atoms with E-state index in [2.05, 4.69) is 0 Å². The van der Waals surface area contributed by atoms with Crippen LogP contribution >= 0.6 is 11.6 Å². The predicted octanol–water partition coefficient (Wildman–Crippen LogP) is 4.11. The first kappa shape index (κ1) is 14.6.